The first-order chi connectivity index (χ1) is 15.3. The number of carbonyl (C=O) groups is 1. The van der Waals surface area contributed by atoms with E-state index in [1.165, 1.54) is 18.3 Å². The van der Waals surface area contributed by atoms with Crippen molar-refractivity contribution < 1.29 is 13.2 Å². The number of nitrogens with one attached hydrogen (secondary N) is 1. The summed E-state index contributed by atoms with van der Waals surface area (Å²) in [6.07, 6.45) is 1.51. The van der Waals surface area contributed by atoms with Crippen LogP contribution in [0.3, 0.4) is 0 Å². The number of aryl methyl sites for hydroxylation is 1. The Bertz CT molecular complexity index is 1170. The van der Waals surface area contributed by atoms with Crippen molar-refractivity contribution in [3.63, 3.8) is 0 Å². The lowest BCUT2D eigenvalue weighted by atomic mass is 10.2. The quantitative estimate of drug-likeness (QED) is 0.421. The van der Waals surface area contributed by atoms with Gasteiger partial charge in [0.25, 0.3) is 15.9 Å². The van der Waals surface area contributed by atoms with Gasteiger partial charge in [0.05, 0.1) is 16.8 Å². The van der Waals surface area contributed by atoms with E-state index in [0.29, 0.717) is 5.69 Å². The van der Waals surface area contributed by atoms with Gasteiger partial charge in [0.15, 0.2) is 0 Å². The molecule has 0 saturated carbocycles. The molecule has 0 aliphatic carbocycles. The lowest BCUT2D eigenvalue weighted by Gasteiger charge is -2.23. The monoisotopic (exact) mass is 450 g/mol. The fourth-order valence-corrected chi connectivity index (χ4v) is 4.39. The van der Waals surface area contributed by atoms with Gasteiger partial charge in [-0.2, -0.15) is 5.10 Å². The summed E-state index contributed by atoms with van der Waals surface area (Å²) in [5.41, 5.74) is 5.66. The minimum Gasteiger partial charge on any atom is -0.378 e. The molecule has 32 heavy (non-hydrogen) atoms. The Hall–Kier alpha value is -3.65. The number of amides is 1. The van der Waals surface area contributed by atoms with Crippen LogP contribution < -0.4 is 14.6 Å². The van der Waals surface area contributed by atoms with Crippen LogP contribution in [0, 0.1) is 6.92 Å². The van der Waals surface area contributed by atoms with E-state index < -0.39 is 22.5 Å². The average molecular weight is 451 g/mol. The van der Waals surface area contributed by atoms with Crippen LogP contribution in [-0.4, -0.2) is 41.2 Å². The molecule has 166 valence electrons. The highest BCUT2D eigenvalue weighted by Gasteiger charge is 2.26. The van der Waals surface area contributed by atoms with Crippen molar-refractivity contribution in [2.45, 2.75) is 11.8 Å². The third-order valence-electron chi connectivity index (χ3n) is 4.75. The highest BCUT2D eigenvalue weighted by Crippen LogP contribution is 2.23. The van der Waals surface area contributed by atoms with E-state index in [2.05, 4.69) is 10.5 Å². The smallest absolute Gasteiger partial charge is 0.264 e. The van der Waals surface area contributed by atoms with Gasteiger partial charge in [-0.1, -0.05) is 48.0 Å². The number of benzene rings is 3. The van der Waals surface area contributed by atoms with E-state index in [9.17, 15) is 13.2 Å². The number of hydrogen-bond acceptors (Lipinski definition) is 5. The van der Waals surface area contributed by atoms with Crippen LogP contribution in [0.25, 0.3) is 0 Å². The van der Waals surface area contributed by atoms with Crippen molar-refractivity contribution in [1.82, 2.24) is 5.43 Å². The molecule has 0 bridgehead atoms. The maximum atomic E-state index is 13.2. The molecule has 1 N–H and O–H groups in total. The van der Waals surface area contributed by atoms with Gasteiger partial charge >= 0.3 is 0 Å². The van der Waals surface area contributed by atoms with Crippen molar-refractivity contribution in [3.05, 3.63) is 90.0 Å². The first-order valence-electron chi connectivity index (χ1n) is 10.0. The van der Waals surface area contributed by atoms with Crippen LogP contribution in [0.5, 0.6) is 0 Å². The molecule has 0 unspecified atom stereocenters. The zero-order valence-corrected chi connectivity index (χ0v) is 19.1. The number of sulfonamides is 1. The highest BCUT2D eigenvalue weighted by atomic mass is 32.2. The van der Waals surface area contributed by atoms with Crippen LogP contribution in [0.1, 0.15) is 11.1 Å². The summed E-state index contributed by atoms with van der Waals surface area (Å²) in [5, 5.41) is 3.97. The SMILES string of the molecule is Cc1ccc(N(CC(=O)NN=Cc2ccc(N(C)C)cc2)S(=O)(=O)c2ccccc2)cc1. The third kappa shape index (κ3) is 5.73. The van der Waals surface area contributed by atoms with E-state index >= 15 is 0 Å². The molecule has 0 radical (unpaired) electrons. The normalized spacial score (nSPS) is 11.3. The van der Waals surface area contributed by atoms with E-state index in [1.54, 1.807) is 42.5 Å². The van der Waals surface area contributed by atoms with Crippen LogP contribution in [-0.2, 0) is 14.8 Å². The van der Waals surface area contributed by atoms with Crippen LogP contribution in [0.4, 0.5) is 11.4 Å². The number of rotatable bonds is 8. The summed E-state index contributed by atoms with van der Waals surface area (Å²) in [6, 6.07) is 22.6. The molecule has 0 atom stereocenters. The second-order valence-corrected chi connectivity index (χ2v) is 9.30. The van der Waals surface area contributed by atoms with Crippen molar-refractivity contribution in [2.24, 2.45) is 5.10 Å². The lowest BCUT2D eigenvalue weighted by Crippen LogP contribution is -2.39. The molecule has 3 aromatic carbocycles. The molecule has 1 amide bonds. The van der Waals surface area contributed by atoms with Gasteiger partial charge in [0, 0.05) is 19.8 Å². The Labute approximate surface area is 189 Å². The number of anilines is 2. The van der Waals surface area contributed by atoms with Crippen LogP contribution >= 0.6 is 0 Å². The second kappa shape index (κ2) is 10.1. The van der Waals surface area contributed by atoms with E-state index in [-0.39, 0.29) is 4.90 Å². The Morgan fingerprint density at radius 1 is 0.906 bits per heavy atom. The Morgan fingerprint density at radius 2 is 1.50 bits per heavy atom. The summed E-state index contributed by atoms with van der Waals surface area (Å²) in [5.74, 6) is -0.550. The molecule has 0 aliphatic heterocycles. The number of carbonyl (C=O) groups excluding carboxylic acids is 1. The molecule has 0 spiro atoms. The predicted octanol–water partition coefficient (Wildman–Crippen LogP) is 3.41. The fourth-order valence-electron chi connectivity index (χ4n) is 2.95. The molecule has 0 fully saturated rings. The minimum atomic E-state index is -3.94. The predicted molar refractivity (Wildman–Crippen MR) is 129 cm³/mol. The van der Waals surface area contributed by atoms with Gasteiger partial charge in [-0.25, -0.2) is 13.8 Å². The molecule has 0 heterocycles. The molecular formula is C24H26N4O3S. The van der Waals surface area contributed by atoms with Crippen molar-refractivity contribution in [1.29, 1.82) is 0 Å². The Morgan fingerprint density at radius 3 is 2.09 bits per heavy atom. The number of hydrogen-bond donors (Lipinski definition) is 1. The van der Waals surface area contributed by atoms with Gasteiger partial charge in [0.2, 0.25) is 0 Å². The summed E-state index contributed by atoms with van der Waals surface area (Å²) in [7, 11) is -0.0342. The summed E-state index contributed by atoms with van der Waals surface area (Å²) < 4.78 is 27.6. The Kier molecular flexibility index (Phi) is 7.27. The molecule has 3 aromatic rings. The minimum absolute atomic E-state index is 0.109. The average Bonchev–Trinajstić information content (AvgIpc) is 2.79. The maximum Gasteiger partial charge on any atom is 0.264 e. The van der Waals surface area contributed by atoms with Gasteiger partial charge < -0.3 is 4.90 Å². The zero-order chi connectivity index (χ0) is 23.1. The molecule has 3 rings (SSSR count). The van der Waals surface area contributed by atoms with Gasteiger partial charge in [-0.05, 0) is 48.9 Å². The van der Waals surface area contributed by atoms with E-state index in [0.717, 1.165) is 21.1 Å². The second-order valence-electron chi connectivity index (χ2n) is 7.44. The summed E-state index contributed by atoms with van der Waals surface area (Å²) >= 11 is 0. The van der Waals surface area contributed by atoms with E-state index in [1.807, 2.05) is 50.2 Å². The molecule has 8 heteroatoms. The summed E-state index contributed by atoms with van der Waals surface area (Å²) in [4.78, 5) is 14.7. The van der Waals surface area contributed by atoms with Crippen molar-refractivity contribution >= 4 is 33.5 Å². The fraction of sp³-hybridized carbons (Fsp3) is 0.167. The molecular weight excluding hydrogens is 424 g/mol. The lowest BCUT2D eigenvalue weighted by molar-refractivity contribution is -0.119. The zero-order valence-electron chi connectivity index (χ0n) is 18.3. The standard InChI is InChI=1S/C24H26N4O3S/c1-19-9-13-22(14-10-19)28(32(30,31)23-7-5-4-6-8-23)18-24(29)26-25-17-20-11-15-21(16-12-20)27(2)3/h4-17H,18H2,1-3H3,(H,26,29). The van der Waals surface area contributed by atoms with Gasteiger partial charge in [-0.15, -0.1) is 0 Å². The number of hydrazone groups is 1. The van der Waals surface area contributed by atoms with Crippen molar-refractivity contribution in [2.75, 3.05) is 29.8 Å². The molecule has 7 nitrogen and oxygen atoms in total. The third-order valence-corrected chi connectivity index (χ3v) is 6.54. The largest absolute Gasteiger partial charge is 0.378 e. The van der Waals surface area contributed by atoms with Crippen molar-refractivity contribution in [3.8, 4) is 0 Å². The Balaban J connectivity index is 1.77. The molecule has 0 saturated heterocycles. The topological polar surface area (TPSA) is 82.1 Å². The highest BCUT2D eigenvalue weighted by molar-refractivity contribution is 7.92. The van der Waals surface area contributed by atoms with Gasteiger partial charge in [0.1, 0.15) is 6.54 Å². The molecule has 0 aliphatic rings. The van der Waals surface area contributed by atoms with E-state index in [4.69, 9.17) is 0 Å². The summed E-state index contributed by atoms with van der Waals surface area (Å²) in [6.45, 7) is 1.50. The first kappa shape index (κ1) is 23.0. The first-order valence-corrected chi connectivity index (χ1v) is 11.4. The molecule has 0 aromatic heterocycles. The van der Waals surface area contributed by atoms with Crippen LogP contribution in [0.2, 0.25) is 0 Å². The van der Waals surface area contributed by atoms with Gasteiger partial charge in [-0.3, -0.25) is 9.10 Å². The van der Waals surface area contributed by atoms with Crippen LogP contribution in [0.15, 0.2) is 88.9 Å². The maximum absolute atomic E-state index is 13.2. The number of nitrogens with zero attached hydrogens (tertiary/aromatic N) is 3.